The van der Waals surface area contributed by atoms with Crippen LogP contribution in [0.4, 0.5) is 0 Å². The summed E-state index contributed by atoms with van der Waals surface area (Å²) in [6, 6.07) is 17.2. The molecule has 0 atom stereocenters. The lowest BCUT2D eigenvalue weighted by atomic mass is 10.1. The highest BCUT2D eigenvalue weighted by Gasteiger charge is 2.26. The summed E-state index contributed by atoms with van der Waals surface area (Å²) in [6.45, 7) is 0.300. The normalized spacial score (nSPS) is 11.2. The fourth-order valence-corrected chi connectivity index (χ4v) is 4.73. The highest BCUT2D eigenvalue weighted by Crippen LogP contribution is 2.40. The molecule has 6 nitrogen and oxygen atoms in total. The van der Waals surface area contributed by atoms with E-state index in [4.69, 9.17) is 4.74 Å². The maximum atomic E-state index is 13.2. The maximum absolute atomic E-state index is 13.2. The molecular weight excluding hydrogens is 400 g/mol. The molecule has 2 aromatic carbocycles. The average Bonchev–Trinajstić information content (AvgIpc) is 3.16. The molecule has 4 aromatic rings. The molecule has 0 bridgehead atoms. The maximum Gasteiger partial charge on any atom is 0.267 e. The smallest absolute Gasteiger partial charge is 0.267 e. The van der Waals surface area contributed by atoms with Crippen molar-refractivity contribution >= 4 is 38.2 Å². The van der Waals surface area contributed by atoms with Crippen molar-refractivity contribution in [3.8, 4) is 5.75 Å². The molecule has 2 aromatic heterocycles. The van der Waals surface area contributed by atoms with Crippen LogP contribution in [0.15, 0.2) is 59.4 Å². The van der Waals surface area contributed by atoms with Crippen molar-refractivity contribution in [2.45, 2.75) is 6.61 Å². The van der Waals surface area contributed by atoms with Gasteiger partial charge in [-0.25, -0.2) is 0 Å². The van der Waals surface area contributed by atoms with Crippen molar-refractivity contribution in [1.29, 1.82) is 0 Å². The van der Waals surface area contributed by atoms with Crippen LogP contribution in [0.1, 0.15) is 15.2 Å². The monoisotopic (exact) mass is 422 g/mol. The summed E-state index contributed by atoms with van der Waals surface area (Å²) in [5.41, 5.74) is 1.54. The first-order valence-corrected chi connectivity index (χ1v) is 10.4. The predicted octanol–water partition coefficient (Wildman–Crippen LogP) is 3.40. The fourth-order valence-electron chi connectivity index (χ4n) is 3.47. The predicted molar refractivity (Wildman–Crippen MR) is 119 cm³/mol. The number of amides is 1. The summed E-state index contributed by atoms with van der Waals surface area (Å²) in [5.74, 6) is 0.0273. The Morgan fingerprint density at radius 2 is 1.83 bits per heavy atom. The van der Waals surface area contributed by atoms with E-state index in [2.05, 4.69) is 0 Å². The second kappa shape index (κ2) is 8.30. The van der Waals surface area contributed by atoms with Crippen LogP contribution in [0.5, 0.6) is 5.75 Å². The first-order valence-electron chi connectivity index (χ1n) is 9.60. The molecule has 0 unspecified atom stereocenters. The zero-order valence-electron chi connectivity index (χ0n) is 16.8. The van der Waals surface area contributed by atoms with Crippen LogP contribution in [0, 0.1) is 0 Å². The van der Waals surface area contributed by atoms with Gasteiger partial charge in [0.2, 0.25) is 0 Å². The van der Waals surface area contributed by atoms with Crippen LogP contribution in [0.2, 0.25) is 0 Å². The second-order valence-electron chi connectivity index (χ2n) is 7.07. The Hall–Kier alpha value is -3.16. The summed E-state index contributed by atoms with van der Waals surface area (Å²) in [6.07, 6.45) is 0. The van der Waals surface area contributed by atoms with Gasteiger partial charge >= 0.3 is 0 Å². The van der Waals surface area contributed by atoms with Gasteiger partial charge < -0.3 is 19.3 Å². The topological polar surface area (TPSA) is 71.8 Å². The van der Waals surface area contributed by atoms with Crippen LogP contribution in [0.3, 0.4) is 0 Å². The molecule has 0 aliphatic carbocycles. The molecule has 0 aliphatic heterocycles. The Balaban J connectivity index is 1.94. The first kappa shape index (κ1) is 20.1. The summed E-state index contributed by atoms with van der Waals surface area (Å²) < 4.78 is 8.42. The molecule has 1 N–H and O–H groups in total. The number of aliphatic hydroxyl groups excluding tert-OH is 1. The van der Waals surface area contributed by atoms with Crippen LogP contribution in [0.25, 0.3) is 21.0 Å². The molecule has 30 heavy (non-hydrogen) atoms. The van der Waals surface area contributed by atoms with Crippen LogP contribution in [-0.2, 0) is 13.7 Å². The third kappa shape index (κ3) is 3.46. The first-order chi connectivity index (χ1) is 14.5. The van der Waals surface area contributed by atoms with Gasteiger partial charge in [-0.05, 0) is 11.6 Å². The Morgan fingerprint density at radius 3 is 2.57 bits per heavy atom. The van der Waals surface area contributed by atoms with Gasteiger partial charge in [-0.15, -0.1) is 11.3 Å². The minimum absolute atomic E-state index is 0.141. The van der Waals surface area contributed by atoms with Gasteiger partial charge in [0.05, 0.1) is 16.8 Å². The number of hydrogen-bond acceptors (Lipinski definition) is 5. The number of thiophene rings is 1. The van der Waals surface area contributed by atoms with E-state index < -0.39 is 0 Å². The number of aryl methyl sites for hydroxylation is 1. The molecule has 0 aliphatic rings. The second-order valence-corrected chi connectivity index (χ2v) is 8.09. The number of fused-ring (bicyclic) bond motifs is 3. The highest BCUT2D eigenvalue weighted by atomic mass is 32.1. The highest BCUT2D eigenvalue weighted by molar-refractivity contribution is 7.22. The Kier molecular flexibility index (Phi) is 5.57. The lowest BCUT2D eigenvalue weighted by Gasteiger charge is -2.16. The lowest BCUT2D eigenvalue weighted by molar-refractivity contribution is 0.0767. The third-order valence-corrected chi connectivity index (χ3v) is 6.29. The van der Waals surface area contributed by atoms with Crippen LogP contribution in [-0.4, -0.2) is 40.7 Å². The molecule has 0 fully saturated rings. The molecule has 1 amide bonds. The Bertz CT molecular complexity index is 1280. The van der Waals surface area contributed by atoms with E-state index in [1.165, 1.54) is 16.2 Å². The molecule has 154 valence electrons. The molecule has 0 saturated heterocycles. The SMILES string of the molecule is CN(CCO)C(=O)c1sc2c(c1OCc1ccccc1)c(=O)n(C)c1ccccc21. The van der Waals surface area contributed by atoms with E-state index in [1.54, 1.807) is 18.7 Å². The van der Waals surface area contributed by atoms with Gasteiger partial charge in [-0.1, -0.05) is 48.5 Å². The summed E-state index contributed by atoms with van der Waals surface area (Å²) in [5, 5.41) is 10.6. The summed E-state index contributed by atoms with van der Waals surface area (Å²) in [4.78, 5) is 28.1. The number of carbonyl (C=O) groups excluding carboxylic acids is 1. The standard InChI is InChI=1S/C23H22N2O4S/c1-24(12-13-26)23(28)21-19(29-14-15-8-4-3-5-9-15)18-20(30-21)16-10-6-7-11-17(16)25(2)22(18)27/h3-11,26H,12-14H2,1-2H3. The number of carbonyl (C=O) groups is 1. The number of nitrogens with zero attached hydrogens (tertiary/aromatic N) is 2. The summed E-state index contributed by atoms with van der Waals surface area (Å²) in [7, 11) is 3.35. The molecular formula is C23H22N2O4S. The van der Waals surface area contributed by atoms with Crippen molar-refractivity contribution in [2.24, 2.45) is 7.05 Å². The van der Waals surface area contributed by atoms with E-state index in [0.717, 1.165) is 21.2 Å². The largest absolute Gasteiger partial charge is 0.486 e. The third-order valence-electron chi connectivity index (χ3n) is 5.10. The minimum atomic E-state index is -0.278. The van der Waals surface area contributed by atoms with Crippen molar-refractivity contribution in [2.75, 3.05) is 20.2 Å². The number of para-hydroxylation sites is 1. The van der Waals surface area contributed by atoms with E-state index in [1.807, 2.05) is 54.6 Å². The quantitative estimate of drug-likeness (QED) is 0.517. The number of pyridine rings is 1. The van der Waals surface area contributed by atoms with E-state index in [0.29, 0.717) is 16.0 Å². The van der Waals surface area contributed by atoms with E-state index in [-0.39, 0.29) is 31.2 Å². The zero-order chi connectivity index (χ0) is 21.3. The van der Waals surface area contributed by atoms with Crippen LogP contribution < -0.4 is 10.3 Å². The van der Waals surface area contributed by atoms with Crippen molar-refractivity contribution in [3.05, 3.63) is 75.4 Å². The fraction of sp³-hybridized carbons (Fsp3) is 0.217. The van der Waals surface area contributed by atoms with Gasteiger partial charge in [0.25, 0.3) is 11.5 Å². The van der Waals surface area contributed by atoms with Gasteiger partial charge in [-0.3, -0.25) is 9.59 Å². The number of hydrogen-bond donors (Lipinski definition) is 1. The number of aromatic nitrogens is 1. The van der Waals surface area contributed by atoms with Gasteiger partial charge in [0, 0.05) is 26.0 Å². The van der Waals surface area contributed by atoms with Crippen molar-refractivity contribution in [3.63, 3.8) is 0 Å². The summed E-state index contributed by atoms with van der Waals surface area (Å²) >= 11 is 1.26. The zero-order valence-corrected chi connectivity index (χ0v) is 17.6. The average molecular weight is 423 g/mol. The van der Waals surface area contributed by atoms with E-state index >= 15 is 0 Å². The van der Waals surface area contributed by atoms with Crippen LogP contribution >= 0.6 is 11.3 Å². The van der Waals surface area contributed by atoms with Crippen molar-refractivity contribution < 1.29 is 14.6 Å². The number of rotatable bonds is 6. The molecule has 2 heterocycles. The number of likely N-dealkylation sites (N-methyl/N-ethyl adjacent to an activating group) is 1. The molecule has 7 heteroatoms. The molecule has 0 saturated carbocycles. The number of ether oxygens (including phenoxy) is 1. The number of aliphatic hydroxyl groups is 1. The van der Waals surface area contributed by atoms with Gasteiger partial charge in [0.1, 0.15) is 16.9 Å². The molecule has 0 spiro atoms. The Morgan fingerprint density at radius 1 is 1.13 bits per heavy atom. The van der Waals surface area contributed by atoms with Crippen molar-refractivity contribution in [1.82, 2.24) is 9.47 Å². The number of benzene rings is 2. The van der Waals surface area contributed by atoms with Gasteiger partial charge in [-0.2, -0.15) is 0 Å². The Labute approximate surface area is 177 Å². The van der Waals surface area contributed by atoms with Gasteiger partial charge in [0.15, 0.2) is 5.75 Å². The minimum Gasteiger partial charge on any atom is -0.486 e. The van der Waals surface area contributed by atoms with E-state index in [9.17, 15) is 14.7 Å². The molecule has 4 rings (SSSR count). The molecule has 0 radical (unpaired) electrons. The lowest BCUT2D eigenvalue weighted by Crippen LogP contribution is -2.29.